The number of unbranched alkanes of at least 4 members (excludes halogenated alkanes) is 8. The zero-order chi connectivity index (χ0) is 26.4. The van der Waals surface area contributed by atoms with Crippen molar-refractivity contribution in [2.24, 2.45) is 5.92 Å². The topological polar surface area (TPSA) is 78.8 Å². The van der Waals surface area contributed by atoms with E-state index in [9.17, 15) is 13.8 Å². The summed E-state index contributed by atoms with van der Waals surface area (Å²) in [5.74, 6) is -0.624. The molecule has 1 saturated carbocycles. The molecule has 36 heavy (non-hydrogen) atoms. The Morgan fingerprint density at radius 2 is 1.53 bits per heavy atom. The lowest BCUT2D eigenvalue weighted by Crippen LogP contribution is -2.17. The van der Waals surface area contributed by atoms with E-state index in [1.807, 2.05) is 6.92 Å². The molecule has 5 nitrogen and oxygen atoms in total. The molecule has 2 rings (SSSR count). The van der Waals surface area contributed by atoms with E-state index in [0.717, 1.165) is 88.5 Å². The van der Waals surface area contributed by atoms with Crippen LogP contribution in [0.5, 0.6) is 5.75 Å². The number of nitrogens with one attached hydrogen (secondary N) is 1. The van der Waals surface area contributed by atoms with E-state index in [1.165, 1.54) is 18.1 Å². The van der Waals surface area contributed by atoms with E-state index < -0.39 is 19.2 Å². The van der Waals surface area contributed by atoms with E-state index in [0.29, 0.717) is 25.0 Å². The summed E-state index contributed by atoms with van der Waals surface area (Å²) in [4.78, 5) is 9.23. The Morgan fingerprint density at radius 3 is 2.08 bits per heavy atom. The SMILES string of the molecule is CCCC1CCC(c2c(CC)cc(OCCCCCCCCCCCP(=O)(O)NO)c(F)c2F)CC1. The highest BCUT2D eigenvalue weighted by atomic mass is 31.2. The molecule has 1 aromatic carbocycles. The first-order valence-electron chi connectivity index (χ1n) is 14.2. The Labute approximate surface area is 216 Å². The molecule has 0 bridgehead atoms. The van der Waals surface area contributed by atoms with Gasteiger partial charge in [-0.15, -0.1) is 5.25 Å². The Hall–Kier alpha value is -1.01. The van der Waals surface area contributed by atoms with Gasteiger partial charge in [0.1, 0.15) is 0 Å². The van der Waals surface area contributed by atoms with Gasteiger partial charge in [0.2, 0.25) is 5.82 Å². The summed E-state index contributed by atoms with van der Waals surface area (Å²) >= 11 is 0. The van der Waals surface area contributed by atoms with Gasteiger partial charge in [-0.2, -0.15) is 4.39 Å². The van der Waals surface area contributed by atoms with Crippen molar-refractivity contribution in [1.29, 1.82) is 0 Å². The Bertz CT molecular complexity index is 815. The van der Waals surface area contributed by atoms with Gasteiger partial charge in [0.05, 0.1) is 6.61 Å². The van der Waals surface area contributed by atoms with Gasteiger partial charge in [0, 0.05) is 6.16 Å². The molecule has 0 spiro atoms. The first kappa shape index (κ1) is 31.2. The second kappa shape index (κ2) is 16.8. The summed E-state index contributed by atoms with van der Waals surface area (Å²) in [7, 11) is -3.55. The van der Waals surface area contributed by atoms with Crippen LogP contribution < -0.4 is 9.99 Å². The lowest BCUT2D eigenvalue weighted by Gasteiger charge is -2.30. The average Bonchev–Trinajstić information content (AvgIpc) is 2.87. The lowest BCUT2D eigenvalue weighted by molar-refractivity contribution is 0.222. The minimum atomic E-state index is -3.55. The number of aryl methyl sites for hydroxylation is 1. The second-order valence-electron chi connectivity index (χ2n) is 10.5. The number of halogens is 2. The van der Waals surface area contributed by atoms with Crippen LogP contribution in [0.2, 0.25) is 0 Å². The molecule has 0 amide bonds. The van der Waals surface area contributed by atoms with Crippen LogP contribution in [0, 0.1) is 17.6 Å². The number of benzene rings is 1. The maximum absolute atomic E-state index is 15.1. The molecular formula is C28H48F2NO4P. The van der Waals surface area contributed by atoms with E-state index in [1.54, 1.807) is 6.07 Å². The van der Waals surface area contributed by atoms with Gasteiger partial charge in [-0.1, -0.05) is 71.6 Å². The molecule has 1 unspecified atom stereocenters. The van der Waals surface area contributed by atoms with Crippen LogP contribution in [0.1, 0.15) is 127 Å². The van der Waals surface area contributed by atoms with Gasteiger partial charge in [-0.25, -0.2) is 4.39 Å². The van der Waals surface area contributed by atoms with Crippen LogP contribution in [-0.2, 0) is 11.0 Å². The predicted octanol–water partition coefficient (Wildman–Crippen LogP) is 8.66. The number of rotatable bonds is 18. The molecular weight excluding hydrogens is 483 g/mol. The summed E-state index contributed by atoms with van der Waals surface area (Å²) in [6.45, 7) is 4.60. The number of hydrogen-bond acceptors (Lipinski definition) is 3. The van der Waals surface area contributed by atoms with Gasteiger partial charge in [-0.05, 0) is 74.0 Å². The molecule has 0 saturated heterocycles. The van der Waals surface area contributed by atoms with Crippen LogP contribution >= 0.6 is 7.52 Å². The van der Waals surface area contributed by atoms with Gasteiger partial charge < -0.3 is 14.8 Å². The van der Waals surface area contributed by atoms with E-state index in [-0.39, 0.29) is 17.8 Å². The van der Waals surface area contributed by atoms with Crippen molar-refractivity contribution in [1.82, 2.24) is 5.25 Å². The van der Waals surface area contributed by atoms with Crippen molar-refractivity contribution in [3.63, 3.8) is 0 Å². The minimum absolute atomic E-state index is 0.0524. The minimum Gasteiger partial charge on any atom is -0.490 e. The highest BCUT2D eigenvalue weighted by Crippen LogP contribution is 2.42. The molecule has 0 aliphatic heterocycles. The average molecular weight is 532 g/mol. The first-order valence-corrected chi connectivity index (χ1v) is 16.0. The van der Waals surface area contributed by atoms with Crippen LogP contribution in [0.25, 0.3) is 0 Å². The zero-order valence-corrected chi connectivity index (χ0v) is 23.3. The third kappa shape index (κ3) is 10.4. The molecule has 1 fully saturated rings. The standard InChI is InChI=1S/C28H48F2NO4P/c1-3-14-22-15-17-24(18-16-22)26-23(4-2)21-25(27(29)28(26)30)35-19-12-10-8-6-5-7-9-11-13-20-36(33,34)31-32/h21-22,24,32H,3-20H2,1-2H3,(H2,31,33,34). The van der Waals surface area contributed by atoms with E-state index in [4.69, 9.17) is 9.94 Å². The monoisotopic (exact) mass is 531 g/mol. The molecule has 8 heteroatoms. The maximum atomic E-state index is 15.1. The molecule has 1 aliphatic carbocycles. The second-order valence-corrected chi connectivity index (χ2v) is 12.5. The van der Waals surface area contributed by atoms with Gasteiger partial charge in [-0.3, -0.25) is 4.57 Å². The molecule has 1 aliphatic rings. The lowest BCUT2D eigenvalue weighted by atomic mass is 9.75. The molecule has 208 valence electrons. The van der Waals surface area contributed by atoms with Crippen LogP contribution in [-0.4, -0.2) is 22.9 Å². The summed E-state index contributed by atoms with van der Waals surface area (Å²) < 4.78 is 47.0. The Morgan fingerprint density at radius 1 is 0.944 bits per heavy atom. The summed E-state index contributed by atoms with van der Waals surface area (Å²) in [5, 5.41) is 10.0. The van der Waals surface area contributed by atoms with Crippen molar-refractivity contribution in [3.8, 4) is 5.75 Å². The van der Waals surface area contributed by atoms with Gasteiger partial charge in [0.25, 0.3) is 7.52 Å². The molecule has 1 atom stereocenters. The van der Waals surface area contributed by atoms with Gasteiger partial charge in [0.15, 0.2) is 11.6 Å². The smallest absolute Gasteiger partial charge is 0.289 e. The number of ether oxygens (including phenoxy) is 1. The first-order chi connectivity index (χ1) is 17.3. The Balaban J connectivity index is 1.67. The van der Waals surface area contributed by atoms with Crippen molar-refractivity contribution >= 4 is 7.52 Å². The molecule has 0 radical (unpaired) electrons. The van der Waals surface area contributed by atoms with Crippen molar-refractivity contribution in [2.75, 3.05) is 12.8 Å². The quantitative estimate of drug-likeness (QED) is 0.100. The summed E-state index contributed by atoms with van der Waals surface area (Å²) in [6.07, 6.45) is 16.0. The van der Waals surface area contributed by atoms with E-state index >= 15 is 4.39 Å². The summed E-state index contributed by atoms with van der Waals surface area (Å²) in [6, 6.07) is 1.73. The third-order valence-corrected chi connectivity index (χ3v) is 8.88. The fourth-order valence-corrected chi connectivity index (χ4v) is 6.30. The van der Waals surface area contributed by atoms with E-state index in [2.05, 4.69) is 6.92 Å². The molecule has 0 heterocycles. The van der Waals surface area contributed by atoms with Crippen LogP contribution in [0.4, 0.5) is 8.78 Å². The highest BCUT2D eigenvalue weighted by Gasteiger charge is 2.28. The van der Waals surface area contributed by atoms with Crippen molar-refractivity contribution in [3.05, 3.63) is 28.8 Å². The zero-order valence-electron chi connectivity index (χ0n) is 22.4. The van der Waals surface area contributed by atoms with Gasteiger partial charge >= 0.3 is 0 Å². The highest BCUT2D eigenvalue weighted by molar-refractivity contribution is 7.55. The predicted molar refractivity (Wildman–Crippen MR) is 142 cm³/mol. The normalized spacial score (nSPS) is 19.8. The maximum Gasteiger partial charge on any atom is 0.289 e. The van der Waals surface area contributed by atoms with Crippen LogP contribution in [0.15, 0.2) is 6.07 Å². The largest absolute Gasteiger partial charge is 0.490 e. The van der Waals surface area contributed by atoms with Crippen molar-refractivity contribution in [2.45, 2.75) is 122 Å². The van der Waals surface area contributed by atoms with Crippen molar-refractivity contribution < 1.29 is 28.2 Å². The fourth-order valence-electron chi connectivity index (χ4n) is 5.55. The van der Waals surface area contributed by atoms with Crippen LogP contribution in [0.3, 0.4) is 0 Å². The Kier molecular flexibility index (Phi) is 14.5. The third-order valence-electron chi connectivity index (χ3n) is 7.65. The molecule has 0 aromatic heterocycles. The summed E-state index contributed by atoms with van der Waals surface area (Å²) in [5.41, 5.74) is 1.48. The number of hydrogen-bond donors (Lipinski definition) is 3. The molecule has 1 aromatic rings. The molecule has 3 N–H and O–H groups in total. The fraction of sp³-hybridized carbons (Fsp3) is 0.786.